The molecule has 0 heterocycles. The van der Waals surface area contributed by atoms with Crippen LogP contribution in [0.5, 0.6) is 0 Å². The number of ketones is 1. The Morgan fingerprint density at radius 1 is 1.11 bits per heavy atom. The number of halogens is 3. The van der Waals surface area contributed by atoms with Gasteiger partial charge in [0, 0.05) is 12.0 Å². The van der Waals surface area contributed by atoms with Gasteiger partial charge in [0.2, 0.25) is 0 Å². The van der Waals surface area contributed by atoms with E-state index < -0.39 is 24.8 Å². The molecule has 0 N–H and O–H groups in total. The molecule has 1 rings (SSSR count). The minimum atomic E-state index is -4.28. The van der Waals surface area contributed by atoms with E-state index in [4.69, 9.17) is 0 Å². The third-order valence-electron chi connectivity index (χ3n) is 3.51. The van der Waals surface area contributed by atoms with E-state index in [0.29, 0.717) is 5.56 Å². The first kappa shape index (κ1) is 15.7. The molecule has 0 aliphatic heterocycles. The summed E-state index contributed by atoms with van der Waals surface area (Å²) in [6.07, 6.45) is -4.87. The molecule has 0 fully saturated rings. The van der Waals surface area contributed by atoms with Gasteiger partial charge in [0.05, 0.1) is 6.42 Å². The molecule has 0 atom stereocenters. The molecule has 0 aliphatic rings. The van der Waals surface area contributed by atoms with Crippen molar-refractivity contribution in [3.63, 3.8) is 0 Å². The minimum Gasteiger partial charge on any atom is -0.294 e. The van der Waals surface area contributed by atoms with Crippen LogP contribution in [-0.4, -0.2) is 12.0 Å². The molecular formula is C15H19F3O. The van der Waals surface area contributed by atoms with Gasteiger partial charge in [0.25, 0.3) is 0 Å². The lowest BCUT2D eigenvalue weighted by atomic mass is 9.82. The summed E-state index contributed by atoms with van der Waals surface area (Å²) >= 11 is 0. The second-order valence-corrected chi connectivity index (χ2v) is 5.35. The summed E-state index contributed by atoms with van der Waals surface area (Å²) in [5.74, 6) is -0.460. The molecular weight excluding hydrogens is 253 g/mol. The molecule has 0 amide bonds. The Balaban J connectivity index is 2.74. The number of benzene rings is 1. The van der Waals surface area contributed by atoms with Crippen molar-refractivity contribution in [3.8, 4) is 0 Å². The summed E-state index contributed by atoms with van der Waals surface area (Å²) in [6.45, 7) is 6.25. The molecule has 19 heavy (non-hydrogen) atoms. The molecule has 4 heteroatoms. The van der Waals surface area contributed by atoms with Gasteiger partial charge in [-0.15, -0.1) is 0 Å². The second-order valence-electron chi connectivity index (χ2n) is 5.35. The molecule has 0 aromatic heterocycles. The molecule has 0 radical (unpaired) electrons. The zero-order valence-electron chi connectivity index (χ0n) is 11.5. The zero-order chi connectivity index (χ0) is 14.7. The molecule has 106 valence electrons. The van der Waals surface area contributed by atoms with Crippen LogP contribution in [0.1, 0.15) is 56.0 Å². The Bertz CT molecular complexity index is 430. The van der Waals surface area contributed by atoms with Crippen LogP contribution in [0.3, 0.4) is 0 Å². The van der Waals surface area contributed by atoms with Crippen LogP contribution in [0, 0.1) is 0 Å². The quantitative estimate of drug-likeness (QED) is 0.697. The topological polar surface area (TPSA) is 17.1 Å². The Kier molecular flexibility index (Phi) is 4.77. The van der Waals surface area contributed by atoms with Gasteiger partial charge in [-0.05, 0) is 17.4 Å². The van der Waals surface area contributed by atoms with Crippen molar-refractivity contribution in [3.05, 3.63) is 35.4 Å². The van der Waals surface area contributed by atoms with Crippen molar-refractivity contribution >= 4 is 5.78 Å². The Hall–Kier alpha value is -1.32. The largest absolute Gasteiger partial charge is 0.389 e. The molecule has 1 aromatic carbocycles. The predicted molar refractivity (Wildman–Crippen MR) is 69.4 cm³/mol. The number of carbonyl (C=O) groups is 1. The average molecular weight is 272 g/mol. The maximum Gasteiger partial charge on any atom is 0.389 e. The molecule has 0 bridgehead atoms. The van der Waals surface area contributed by atoms with Gasteiger partial charge in [-0.25, -0.2) is 0 Å². The van der Waals surface area contributed by atoms with Crippen molar-refractivity contribution in [2.24, 2.45) is 0 Å². The van der Waals surface area contributed by atoms with Crippen molar-refractivity contribution in [2.45, 2.75) is 51.6 Å². The number of alkyl halides is 3. The summed E-state index contributed by atoms with van der Waals surface area (Å²) in [7, 11) is 0. The van der Waals surface area contributed by atoms with E-state index in [1.807, 2.05) is 12.1 Å². The first-order chi connectivity index (χ1) is 8.65. The Labute approximate surface area is 111 Å². The molecule has 0 spiro atoms. The Morgan fingerprint density at radius 2 is 1.63 bits per heavy atom. The number of rotatable bonds is 5. The van der Waals surface area contributed by atoms with Crippen LogP contribution in [-0.2, 0) is 5.41 Å². The van der Waals surface area contributed by atoms with Crippen LogP contribution >= 0.6 is 0 Å². The highest BCUT2D eigenvalue weighted by atomic mass is 19.4. The van der Waals surface area contributed by atoms with Crippen LogP contribution in [0.4, 0.5) is 13.2 Å². The van der Waals surface area contributed by atoms with Gasteiger partial charge < -0.3 is 0 Å². The lowest BCUT2D eigenvalue weighted by Gasteiger charge is -2.23. The molecule has 0 unspecified atom stereocenters. The normalized spacial score (nSPS) is 12.5. The molecule has 0 saturated heterocycles. The van der Waals surface area contributed by atoms with Gasteiger partial charge >= 0.3 is 6.18 Å². The van der Waals surface area contributed by atoms with Crippen molar-refractivity contribution < 1.29 is 18.0 Å². The second kappa shape index (κ2) is 5.76. The maximum absolute atomic E-state index is 12.0. The van der Waals surface area contributed by atoms with Crippen molar-refractivity contribution in [1.82, 2.24) is 0 Å². The van der Waals surface area contributed by atoms with Crippen LogP contribution in [0.25, 0.3) is 0 Å². The highest BCUT2D eigenvalue weighted by Crippen LogP contribution is 2.27. The van der Waals surface area contributed by atoms with Gasteiger partial charge in [0.1, 0.15) is 0 Å². The first-order valence-electron chi connectivity index (χ1n) is 6.36. The fraction of sp³-hybridized carbons (Fsp3) is 0.533. The number of hydrogen-bond acceptors (Lipinski definition) is 1. The van der Waals surface area contributed by atoms with E-state index in [1.54, 1.807) is 12.1 Å². The third kappa shape index (κ3) is 4.69. The van der Waals surface area contributed by atoms with E-state index in [1.165, 1.54) is 0 Å². The SMILES string of the molecule is CCC(C)(C)c1ccc(C(=O)CCC(F)(F)F)cc1. The van der Waals surface area contributed by atoms with E-state index in [-0.39, 0.29) is 5.41 Å². The monoisotopic (exact) mass is 272 g/mol. The number of Topliss-reactive ketones (excluding diaryl/α,β-unsaturated/α-hetero) is 1. The third-order valence-corrected chi connectivity index (χ3v) is 3.51. The summed E-state index contributed by atoms with van der Waals surface area (Å²) in [6, 6.07) is 6.88. The molecule has 0 saturated carbocycles. The highest BCUT2D eigenvalue weighted by molar-refractivity contribution is 5.96. The van der Waals surface area contributed by atoms with E-state index in [9.17, 15) is 18.0 Å². The van der Waals surface area contributed by atoms with Gasteiger partial charge in [0.15, 0.2) is 5.78 Å². The van der Waals surface area contributed by atoms with Crippen molar-refractivity contribution in [2.75, 3.05) is 0 Å². The Morgan fingerprint density at radius 3 is 2.05 bits per heavy atom. The van der Waals surface area contributed by atoms with Gasteiger partial charge in [-0.1, -0.05) is 45.0 Å². The average Bonchev–Trinajstić information content (AvgIpc) is 2.35. The van der Waals surface area contributed by atoms with Gasteiger partial charge in [-0.2, -0.15) is 13.2 Å². The molecule has 0 aliphatic carbocycles. The zero-order valence-corrected chi connectivity index (χ0v) is 11.5. The highest BCUT2D eigenvalue weighted by Gasteiger charge is 2.28. The summed E-state index contributed by atoms with van der Waals surface area (Å²) in [5.41, 5.74) is 1.44. The lowest BCUT2D eigenvalue weighted by molar-refractivity contribution is -0.133. The first-order valence-corrected chi connectivity index (χ1v) is 6.36. The van der Waals surface area contributed by atoms with E-state index >= 15 is 0 Å². The van der Waals surface area contributed by atoms with Crippen molar-refractivity contribution in [1.29, 1.82) is 0 Å². The molecule has 1 nitrogen and oxygen atoms in total. The fourth-order valence-electron chi connectivity index (χ4n) is 1.71. The summed E-state index contributed by atoms with van der Waals surface area (Å²) in [5, 5.41) is 0. The minimum absolute atomic E-state index is 0.00749. The lowest BCUT2D eigenvalue weighted by Crippen LogP contribution is -2.15. The number of carbonyl (C=O) groups excluding carboxylic acids is 1. The summed E-state index contributed by atoms with van der Waals surface area (Å²) < 4.78 is 36.1. The standard InChI is InChI=1S/C15H19F3O/c1-4-14(2,3)12-7-5-11(6-8-12)13(19)9-10-15(16,17)18/h5-8H,4,9-10H2,1-3H3. The van der Waals surface area contributed by atoms with Crippen LogP contribution < -0.4 is 0 Å². The van der Waals surface area contributed by atoms with Crippen LogP contribution in [0.2, 0.25) is 0 Å². The summed E-state index contributed by atoms with van der Waals surface area (Å²) in [4.78, 5) is 11.6. The van der Waals surface area contributed by atoms with E-state index in [2.05, 4.69) is 20.8 Å². The maximum atomic E-state index is 12.0. The predicted octanol–water partition coefficient (Wildman–Crippen LogP) is 4.90. The van der Waals surface area contributed by atoms with Gasteiger partial charge in [-0.3, -0.25) is 4.79 Å². The smallest absolute Gasteiger partial charge is 0.294 e. The fourth-order valence-corrected chi connectivity index (χ4v) is 1.71. The molecule has 1 aromatic rings. The van der Waals surface area contributed by atoms with E-state index in [0.717, 1.165) is 12.0 Å². The number of hydrogen-bond donors (Lipinski definition) is 0. The van der Waals surface area contributed by atoms with Crippen LogP contribution in [0.15, 0.2) is 24.3 Å².